The topological polar surface area (TPSA) is 211 Å². The maximum Gasteiger partial charge on any atom is 0.233 e. The van der Waals surface area contributed by atoms with Crippen LogP contribution < -0.4 is 9.47 Å². The number of Topliss-reactive ketones (excluding diaryl/α,β-unsaturated/α-hetero) is 1. The van der Waals surface area contributed by atoms with Crippen LogP contribution in [0.15, 0.2) is 48.6 Å². The minimum atomic E-state index is -2.49. The number of rotatable bonds is 13. The van der Waals surface area contributed by atoms with Crippen molar-refractivity contribution in [3.05, 3.63) is 59.7 Å². The van der Waals surface area contributed by atoms with Gasteiger partial charge >= 0.3 is 0 Å². The highest BCUT2D eigenvalue weighted by atomic mass is 16.5. The van der Waals surface area contributed by atoms with Crippen molar-refractivity contribution >= 4 is 29.5 Å². The summed E-state index contributed by atoms with van der Waals surface area (Å²) >= 11 is 0. The number of phenols is 2. The van der Waals surface area contributed by atoms with Crippen molar-refractivity contribution in [3.63, 3.8) is 0 Å². The molecule has 0 aliphatic heterocycles. The van der Waals surface area contributed by atoms with Gasteiger partial charge in [0.15, 0.2) is 28.8 Å². The summed E-state index contributed by atoms with van der Waals surface area (Å²) in [6.45, 7) is 0. The van der Waals surface area contributed by atoms with Gasteiger partial charge in [0.05, 0.1) is 14.2 Å². The first-order valence-corrected chi connectivity index (χ1v) is 11.0. The third-order valence-corrected chi connectivity index (χ3v) is 5.42. The Morgan fingerprint density at radius 3 is 1.61 bits per heavy atom. The van der Waals surface area contributed by atoms with Crippen molar-refractivity contribution in [2.75, 3.05) is 14.2 Å². The Morgan fingerprint density at radius 2 is 1.13 bits per heavy atom. The molecule has 0 amide bonds. The molecule has 12 heteroatoms. The molecular formula is C26H28O12. The molecule has 0 radical (unpaired) electrons. The average molecular weight is 532 g/mol. The van der Waals surface area contributed by atoms with Crippen LogP contribution in [-0.2, 0) is 14.4 Å². The number of allylic oxidation sites excluding steroid dienone is 1. The first kappa shape index (κ1) is 30.2. The van der Waals surface area contributed by atoms with Crippen LogP contribution in [0.1, 0.15) is 11.1 Å². The molecule has 1 unspecified atom stereocenters. The fraction of sp³-hybridized carbons (Fsp3) is 0.269. The van der Waals surface area contributed by atoms with Gasteiger partial charge in [0.2, 0.25) is 11.6 Å². The number of hydrogen-bond donors (Lipinski definition) is 7. The second kappa shape index (κ2) is 13.5. The van der Waals surface area contributed by atoms with E-state index in [4.69, 9.17) is 9.47 Å². The van der Waals surface area contributed by atoms with Crippen LogP contribution in [0.5, 0.6) is 23.0 Å². The van der Waals surface area contributed by atoms with Crippen molar-refractivity contribution in [3.8, 4) is 23.0 Å². The van der Waals surface area contributed by atoms with Crippen molar-refractivity contribution in [2.45, 2.75) is 30.5 Å². The number of aromatic hydroxyl groups is 2. The number of hydrogen-bond acceptors (Lipinski definition) is 12. The third-order valence-electron chi connectivity index (χ3n) is 5.42. The van der Waals surface area contributed by atoms with Crippen LogP contribution in [0, 0.1) is 0 Å². The van der Waals surface area contributed by atoms with Gasteiger partial charge in [-0.2, -0.15) is 0 Å². The van der Waals surface area contributed by atoms with Gasteiger partial charge in [0.25, 0.3) is 0 Å². The predicted octanol–water partition coefficient (Wildman–Crippen LogP) is -0.647. The second-order valence-electron chi connectivity index (χ2n) is 8.02. The molecule has 2 rings (SSSR count). The molecule has 0 saturated heterocycles. The normalized spacial score (nSPS) is 15.6. The molecule has 5 atom stereocenters. The second-order valence-corrected chi connectivity index (χ2v) is 8.02. The molecule has 2 aromatic carbocycles. The number of benzene rings is 2. The van der Waals surface area contributed by atoms with Crippen LogP contribution in [-0.4, -0.2) is 97.8 Å². The van der Waals surface area contributed by atoms with Crippen LogP contribution in [0.2, 0.25) is 0 Å². The van der Waals surface area contributed by atoms with E-state index in [1.807, 2.05) is 0 Å². The van der Waals surface area contributed by atoms with Crippen LogP contribution in [0.25, 0.3) is 12.2 Å². The van der Waals surface area contributed by atoms with Gasteiger partial charge in [0.1, 0.15) is 30.5 Å². The fourth-order valence-corrected chi connectivity index (χ4v) is 3.17. The highest BCUT2D eigenvalue weighted by molar-refractivity contribution is 6.43. The Labute approximate surface area is 216 Å². The van der Waals surface area contributed by atoms with Gasteiger partial charge in [-0.1, -0.05) is 24.3 Å². The third kappa shape index (κ3) is 7.47. The van der Waals surface area contributed by atoms with Gasteiger partial charge < -0.3 is 45.2 Å². The average Bonchev–Trinajstić information content (AvgIpc) is 2.93. The number of carbonyl (C=O) groups excluding carboxylic acids is 3. The van der Waals surface area contributed by atoms with Gasteiger partial charge in [-0.05, 0) is 47.5 Å². The summed E-state index contributed by atoms with van der Waals surface area (Å²) in [6, 6.07) is 8.15. The Hall–Kier alpha value is -4.07. The number of phenolic OH excluding ortho intramolecular Hbond substituents is 2. The van der Waals surface area contributed by atoms with E-state index in [0.717, 1.165) is 12.2 Å². The van der Waals surface area contributed by atoms with E-state index in [9.17, 15) is 50.1 Å². The molecule has 2 aromatic rings. The largest absolute Gasteiger partial charge is 0.504 e. The number of ketones is 3. The zero-order chi connectivity index (χ0) is 28.6. The summed E-state index contributed by atoms with van der Waals surface area (Å²) in [6.07, 6.45) is -7.91. The summed E-state index contributed by atoms with van der Waals surface area (Å²) in [5, 5.41) is 69.6. The molecule has 204 valence electrons. The zero-order valence-corrected chi connectivity index (χ0v) is 20.3. The first-order valence-electron chi connectivity index (χ1n) is 11.0. The Bertz CT molecular complexity index is 1220. The molecule has 0 bridgehead atoms. The lowest BCUT2D eigenvalue weighted by Gasteiger charge is -2.27. The molecular weight excluding hydrogens is 504 g/mol. The number of aliphatic hydroxyl groups is 5. The van der Waals surface area contributed by atoms with E-state index in [-0.39, 0.29) is 23.0 Å². The van der Waals surface area contributed by atoms with Gasteiger partial charge in [-0.15, -0.1) is 0 Å². The number of aliphatic hydroxyl groups excluding tert-OH is 5. The minimum absolute atomic E-state index is 0.101. The molecule has 0 fully saturated rings. The smallest absolute Gasteiger partial charge is 0.233 e. The SMILES string of the molecule is COc1cc(/C=C/C(=O)C(=O)[C@H](O)[C@@H](O)[C@H](O)[C@H](O)C(O)C(=O)/C=C/c2ccc(O)c(OC)c2)ccc1O. The molecule has 0 aliphatic rings. The van der Waals surface area contributed by atoms with Crippen LogP contribution >= 0.6 is 0 Å². The van der Waals surface area contributed by atoms with E-state index in [0.29, 0.717) is 11.1 Å². The van der Waals surface area contributed by atoms with Crippen molar-refractivity contribution in [1.82, 2.24) is 0 Å². The van der Waals surface area contributed by atoms with Crippen molar-refractivity contribution in [2.24, 2.45) is 0 Å². The van der Waals surface area contributed by atoms with E-state index in [1.54, 1.807) is 0 Å². The standard InChI is InChI=1S/C26H28O12/c1-37-19-11-13(3-7-15(19)27)5-9-17(29)21(31)23(33)25(35)26(36)24(34)22(32)18(30)10-6-14-4-8-16(28)20(12-14)38-2/h3-12,21,23-28,31,33-36H,1-2H3/b9-5+,10-6+/t21?,23-,24+,25-,26-/m1/s1. The predicted molar refractivity (Wildman–Crippen MR) is 132 cm³/mol. The lowest BCUT2D eigenvalue weighted by molar-refractivity contribution is -0.159. The maximum atomic E-state index is 12.2. The van der Waals surface area contributed by atoms with Crippen molar-refractivity contribution < 1.29 is 59.6 Å². The van der Waals surface area contributed by atoms with Gasteiger partial charge in [-0.25, -0.2) is 0 Å². The summed E-state index contributed by atoms with van der Waals surface area (Å²) < 4.78 is 9.86. The minimum Gasteiger partial charge on any atom is -0.504 e. The monoisotopic (exact) mass is 532 g/mol. The van der Waals surface area contributed by atoms with E-state index < -0.39 is 47.9 Å². The molecule has 7 N–H and O–H groups in total. The first-order chi connectivity index (χ1) is 17.9. The molecule has 12 nitrogen and oxygen atoms in total. The molecule has 0 aliphatic carbocycles. The number of methoxy groups -OCH3 is 2. The Kier molecular flexibility index (Phi) is 10.7. The highest BCUT2D eigenvalue weighted by Crippen LogP contribution is 2.27. The Morgan fingerprint density at radius 1 is 0.684 bits per heavy atom. The fourth-order valence-electron chi connectivity index (χ4n) is 3.17. The summed E-state index contributed by atoms with van der Waals surface area (Å²) in [4.78, 5) is 36.6. The lowest BCUT2D eigenvalue weighted by Crippen LogP contribution is -2.53. The molecule has 0 aromatic heterocycles. The van der Waals surface area contributed by atoms with E-state index in [2.05, 4.69) is 0 Å². The summed E-state index contributed by atoms with van der Waals surface area (Å²) in [7, 11) is 2.62. The van der Waals surface area contributed by atoms with Crippen LogP contribution in [0.4, 0.5) is 0 Å². The Balaban J connectivity index is 2.02. The number of carbonyl (C=O) groups is 3. The number of ether oxygens (including phenoxy) is 2. The molecule has 38 heavy (non-hydrogen) atoms. The van der Waals surface area contributed by atoms with E-state index >= 15 is 0 Å². The maximum absolute atomic E-state index is 12.2. The molecule has 0 heterocycles. The van der Waals surface area contributed by atoms with Crippen molar-refractivity contribution in [1.29, 1.82) is 0 Å². The van der Waals surface area contributed by atoms with Gasteiger partial charge in [0, 0.05) is 0 Å². The van der Waals surface area contributed by atoms with Gasteiger partial charge in [-0.3, -0.25) is 14.4 Å². The van der Waals surface area contributed by atoms with Crippen LogP contribution in [0.3, 0.4) is 0 Å². The van der Waals surface area contributed by atoms with E-state index in [1.165, 1.54) is 62.8 Å². The summed E-state index contributed by atoms with van der Waals surface area (Å²) in [5.41, 5.74) is 0.736. The lowest BCUT2D eigenvalue weighted by atomic mass is 9.94. The zero-order valence-electron chi connectivity index (χ0n) is 20.3. The summed E-state index contributed by atoms with van der Waals surface area (Å²) in [5.74, 6) is -3.99. The molecule has 0 spiro atoms. The quantitative estimate of drug-likeness (QED) is 0.127. The highest BCUT2D eigenvalue weighted by Gasteiger charge is 2.40. The molecule has 0 saturated carbocycles.